The number of nitrogens with zero attached hydrogens (tertiary/aromatic N) is 1. The molecule has 2 aromatic rings. The zero-order valence-electron chi connectivity index (χ0n) is 10.1. The second-order valence-corrected chi connectivity index (χ2v) is 4.30. The summed E-state index contributed by atoms with van der Waals surface area (Å²) < 4.78 is 5.31. The zero-order chi connectivity index (χ0) is 11.9. The lowest BCUT2D eigenvalue weighted by Gasteiger charge is -2.08. The minimum absolute atomic E-state index is 0.467. The lowest BCUT2D eigenvalue weighted by atomic mass is 9.96. The Morgan fingerprint density at radius 2 is 1.62 bits per heavy atom. The van der Waals surface area contributed by atoms with Crippen molar-refractivity contribution in [2.45, 2.75) is 27.7 Å². The third-order valence-corrected chi connectivity index (χ3v) is 2.86. The molecule has 16 heavy (non-hydrogen) atoms. The first kappa shape index (κ1) is 10.7. The predicted octanol–water partition coefficient (Wildman–Crippen LogP) is 3.16. The number of aryl methyl sites for hydroxylation is 3. The van der Waals surface area contributed by atoms with E-state index in [1.165, 1.54) is 16.7 Å². The number of benzene rings is 1. The van der Waals surface area contributed by atoms with Gasteiger partial charge in [0, 0.05) is 11.1 Å². The van der Waals surface area contributed by atoms with Gasteiger partial charge in [-0.15, -0.1) is 0 Å². The number of anilines is 1. The first-order valence-corrected chi connectivity index (χ1v) is 5.30. The molecule has 0 fully saturated rings. The molecule has 0 aliphatic carbocycles. The van der Waals surface area contributed by atoms with E-state index in [-0.39, 0.29) is 0 Å². The summed E-state index contributed by atoms with van der Waals surface area (Å²) in [7, 11) is 0. The number of rotatable bonds is 1. The maximum atomic E-state index is 5.70. The molecule has 2 rings (SSSR count). The number of nitrogens with two attached hydrogens (primary N) is 1. The molecule has 0 atom stereocenters. The topological polar surface area (TPSA) is 52.0 Å². The summed E-state index contributed by atoms with van der Waals surface area (Å²) in [5, 5.41) is 3.80. The maximum Gasteiger partial charge on any atom is 0.172 e. The molecule has 84 valence electrons. The van der Waals surface area contributed by atoms with Crippen LogP contribution in [0.5, 0.6) is 0 Å². The Bertz CT molecular complexity index is 518. The Balaban J connectivity index is 2.69. The van der Waals surface area contributed by atoms with Crippen LogP contribution in [0.15, 0.2) is 16.7 Å². The lowest BCUT2D eigenvalue weighted by molar-refractivity contribution is 0.435. The highest BCUT2D eigenvalue weighted by Crippen LogP contribution is 2.32. The molecule has 0 saturated carbocycles. The molecule has 0 aliphatic heterocycles. The number of aromatic nitrogens is 1. The van der Waals surface area contributed by atoms with E-state index in [0.717, 1.165) is 16.9 Å². The summed E-state index contributed by atoms with van der Waals surface area (Å²) in [4.78, 5) is 0. The van der Waals surface area contributed by atoms with Gasteiger partial charge in [-0.05, 0) is 38.8 Å². The summed E-state index contributed by atoms with van der Waals surface area (Å²) >= 11 is 0. The Kier molecular flexibility index (Phi) is 2.46. The van der Waals surface area contributed by atoms with E-state index in [9.17, 15) is 0 Å². The van der Waals surface area contributed by atoms with Gasteiger partial charge in [0.15, 0.2) is 11.6 Å². The fourth-order valence-electron chi connectivity index (χ4n) is 2.12. The molecule has 2 N–H and O–H groups in total. The smallest absolute Gasteiger partial charge is 0.172 e. The van der Waals surface area contributed by atoms with Crippen molar-refractivity contribution in [3.63, 3.8) is 0 Å². The maximum absolute atomic E-state index is 5.70. The van der Waals surface area contributed by atoms with Gasteiger partial charge in [0.25, 0.3) is 0 Å². The zero-order valence-corrected chi connectivity index (χ0v) is 10.1. The Morgan fingerprint density at radius 3 is 2.06 bits per heavy atom. The van der Waals surface area contributed by atoms with Crippen LogP contribution in [0.1, 0.15) is 22.3 Å². The van der Waals surface area contributed by atoms with Gasteiger partial charge in [0.1, 0.15) is 0 Å². The molecule has 1 aromatic heterocycles. The Morgan fingerprint density at radius 1 is 1.06 bits per heavy atom. The summed E-state index contributed by atoms with van der Waals surface area (Å²) in [6, 6.07) is 4.28. The molecule has 0 radical (unpaired) electrons. The summed E-state index contributed by atoms with van der Waals surface area (Å²) in [6.45, 7) is 8.17. The van der Waals surface area contributed by atoms with Gasteiger partial charge in [-0.25, -0.2) is 0 Å². The SMILES string of the molecule is Cc1cc(C)c(-c2onc(N)c2C)c(C)c1. The van der Waals surface area contributed by atoms with E-state index in [1.54, 1.807) is 0 Å². The van der Waals surface area contributed by atoms with Crippen molar-refractivity contribution in [1.29, 1.82) is 0 Å². The van der Waals surface area contributed by atoms with Crippen LogP contribution >= 0.6 is 0 Å². The molecular formula is C13H16N2O. The van der Waals surface area contributed by atoms with Crippen LogP contribution in [0.4, 0.5) is 5.82 Å². The van der Waals surface area contributed by atoms with Crippen LogP contribution in [-0.4, -0.2) is 5.16 Å². The van der Waals surface area contributed by atoms with Crippen molar-refractivity contribution < 1.29 is 4.52 Å². The average molecular weight is 216 g/mol. The normalized spacial score (nSPS) is 10.8. The van der Waals surface area contributed by atoms with Crippen LogP contribution in [0, 0.1) is 27.7 Å². The van der Waals surface area contributed by atoms with E-state index >= 15 is 0 Å². The summed E-state index contributed by atoms with van der Waals surface area (Å²) in [6.07, 6.45) is 0. The fourth-order valence-corrected chi connectivity index (χ4v) is 2.12. The molecule has 1 aromatic carbocycles. The third kappa shape index (κ3) is 1.58. The summed E-state index contributed by atoms with van der Waals surface area (Å²) in [5.74, 6) is 1.25. The standard InChI is InChI=1S/C13H16N2O/c1-7-5-8(2)11(9(3)6-7)12-10(4)13(14)15-16-12/h5-6H,1-4H3,(H2,14,15). The Hall–Kier alpha value is -1.77. The van der Waals surface area contributed by atoms with Gasteiger partial charge < -0.3 is 10.3 Å². The number of nitrogen functional groups attached to an aromatic ring is 1. The molecule has 0 spiro atoms. The first-order chi connectivity index (χ1) is 7.50. The van der Waals surface area contributed by atoms with Gasteiger partial charge in [-0.3, -0.25) is 0 Å². The monoisotopic (exact) mass is 216 g/mol. The molecule has 0 amide bonds. The summed E-state index contributed by atoms with van der Waals surface area (Å²) in [5.41, 5.74) is 11.4. The molecule has 1 heterocycles. The van der Waals surface area contributed by atoms with Crippen molar-refractivity contribution in [2.24, 2.45) is 0 Å². The third-order valence-electron chi connectivity index (χ3n) is 2.86. The quantitative estimate of drug-likeness (QED) is 0.796. The highest BCUT2D eigenvalue weighted by molar-refractivity contribution is 5.72. The second kappa shape index (κ2) is 3.67. The van der Waals surface area contributed by atoms with Gasteiger partial charge in [0.05, 0.1) is 0 Å². The average Bonchev–Trinajstić information content (AvgIpc) is 2.48. The molecule has 3 heteroatoms. The predicted molar refractivity (Wildman–Crippen MR) is 65.3 cm³/mol. The fraction of sp³-hybridized carbons (Fsp3) is 0.308. The van der Waals surface area contributed by atoms with E-state index in [1.807, 2.05) is 6.92 Å². The van der Waals surface area contributed by atoms with Crippen molar-refractivity contribution in [1.82, 2.24) is 5.16 Å². The van der Waals surface area contributed by atoms with Crippen LogP contribution < -0.4 is 5.73 Å². The van der Waals surface area contributed by atoms with Crippen molar-refractivity contribution in [3.05, 3.63) is 34.4 Å². The minimum atomic E-state index is 0.467. The molecule has 0 aliphatic rings. The largest absolute Gasteiger partial charge is 0.381 e. The number of hydrogen-bond donors (Lipinski definition) is 1. The van der Waals surface area contributed by atoms with Crippen LogP contribution in [0.3, 0.4) is 0 Å². The van der Waals surface area contributed by atoms with Gasteiger partial charge >= 0.3 is 0 Å². The second-order valence-electron chi connectivity index (χ2n) is 4.30. The molecule has 0 saturated heterocycles. The van der Waals surface area contributed by atoms with Gasteiger partial charge in [0.2, 0.25) is 0 Å². The Labute approximate surface area is 95.3 Å². The molecular weight excluding hydrogens is 200 g/mol. The van der Waals surface area contributed by atoms with Crippen LogP contribution in [-0.2, 0) is 0 Å². The van der Waals surface area contributed by atoms with Gasteiger partial charge in [-0.2, -0.15) is 0 Å². The molecule has 0 bridgehead atoms. The molecule has 0 unspecified atom stereocenters. The van der Waals surface area contributed by atoms with E-state index in [2.05, 4.69) is 38.1 Å². The van der Waals surface area contributed by atoms with Crippen LogP contribution in [0.25, 0.3) is 11.3 Å². The van der Waals surface area contributed by atoms with Crippen LogP contribution in [0.2, 0.25) is 0 Å². The van der Waals surface area contributed by atoms with Gasteiger partial charge in [-0.1, -0.05) is 22.9 Å². The van der Waals surface area contributed by atoms with Crippen molar-refractivity contribution >= 4 is 5.82 Å². The highest BCUT2D eigenvalue weighted by Gasteiger charge is 2.15. The van der Waals surface area contributed by atoms with Crippen molar-refractivity contribution in [3.8, 4) is 11.3 Å². The van der Waals surface area contributed by atoms with E-state index in [4.69, 9.17) is 10.3 Å². The van der Waals surface area contributed by atoms with E-state index in [0.29, 0.717) is 5.82 Å². The lowest BCUT2D eigenvalue weighted by Crippen LogP contribution is -1.91. The number of hydrogen-bond acceptors (Lipinski definition) is 3. The minimum Gasteiger partial charge on any atom is -0.381 e. The highest BCUT2D eigenvalue weighted by atomic mass is 16.5. The van der Waals surface area contributed by atoms with E-state index < -0.39 is 0 Å². The van der Waals surface area contributed by atoms with Crippen molar-refractivity contribution in [2.75, 3.05) is 5.73 Å². The molecule has 3 nitrogen and oxygen atoms in total. The first-order valence-electron chi connectivity index (χ1n) is 5.30.